The molecule has 0 fully saturated rings. The minimum absolute atomic E-state index is 0.327. The molecule has 1 aliphatic heterocycles. The van der Waals surface area contributed by atoms with Crippen LogP contribution in [0.1, 0.15) is 42.0 Å². The first kappa shape index (κ1) is 18.9. The summed E-state index contributed by atoms with van der Waals surface area (Å²) in [6.07, 6.45) is 2.90. The molecule has 5 heteroatoms. The highest BCUT2D eigenvalue weighted by molar-refractivity contribution is 6.33. The fraction of sp³-hybridized carbons (Fsp3) is 0.348. The number of hydrogen-bond donors (Lipinski definition) is 0. The summed E-state index contributed by atoms with van der Waals surface area (Å²) in [6, 6.07) is 9.82. The first-order chi connectivity index (χ1) is 13.5. The lowest BCUT2D eigenvalue weighted by atomic mass is 10.0. The van der Waals surface area contributed by atoms with Crippen molar-refractivity contribution in [3.63, 3.8) is 0 Å². The molecule has 0 bridgehead atoms. The topological polar surface area (TPSA) is 42.7 Å². The first-order valence-electron chi connectivity index (χ1n) is 9.71. The fourth-order valence-electron chi connectivity index (χ4n) is 3.94. The molecule has 0 aliphatic carbocycles. The third-order valence-electron chi connectivity index (χ3n) is 5.33. The summed E-state index contributed by atoms with van der Waals surface area (Å²) in [6.45, 7) is 7.30. The molecular weight excluding hydrogens is 374 g/mol. The van der Waals surface area contributed by atoms with Gasteiger partial charge in [-0.25, -0.2) is 4.79 Å². The normalized spacial score (nSPS) is 13.5. The molecule has 0 spiro atoms. The van der Waals surface area contributed by atoms with Crippen molar-refractivity contribution < 1.29 is 9.15 Å². The fourth-order valence-corrected chi connectivity index (χ4v) is 4.22. The number of nitrogens with zero attached hydrogens (tertiary/aromatic N) is 1. The third kappa shape index (κ3) is 3.37. The number of unbranched alkanes of at least 4 members (excludes halogenated alkanes) is 1. The molecule has 0 atom stereocenters. The van der Waals surface area contributed by atoms with Gasteiger partial charge in [0.2, 0.25) is 0 Å². The van der Waals surface area contributed by atoms with Gasteiger partial charge in [-0.2, -0.15) is 0 Å². The van der Waals surface area contributed by atoms with Crippen LogP contribution in [0, 0.1) is 13.8 Å². The summed E-state index contributed by atoms with van der Waals surface area (Å²) in [5, 5.41) is 1.47. The summed E-state index contributed by atoms with van der Waals surface area (Å²) >= 11 is 6.55. The van der Waals surface area contributed by atoms with Gasteiger partial charge in [-0.3, -0.25) is 0 Å². The van der Waals surface area contributed by atoms with E-state index in [0.717, 1.165) is 41.5 Å². The van der Waals surface area contributed by atoms with E-state index in [2.05, 4.69) is 43.9 Å². The predicted molar refractivity (Wildman–Crippen MR) is 114 cm³/mol. The van der Waals surface area contributed by atoms with Gasteiger partial charge < -0.3 is 14.1 Å². The Bertz CT molecular complexity index is 1100. The van der Waals surface area contributed by atoms with Gasteiger partial charge in [0, 0.05) is 17.1 Å². The quantitative estimate of drug-likeness (QED) is 0.525. The number of benzene rings is 2. The minimum atomic E-state index is -0.327. The lowest BCUT2D eigenvalue weighted by molar-refractivity contribution is 0.289. The Morgan fingerprint density at radius 3 is 2.75 bits per heavy atom. The Hall–Kier alpha value is -2.46. The van der Waals surface area contributed by atoms with Crippen LogP contribution in [0.25, 0.3) is 11.0 Å². The van der Waals surface area contributed by atoms with E-state index in [-0.39, 0.29) is 5.63 Å². The van der Waals surface area contributed by atoms with E-state index in [9.17, 15) is 4.79 Å². The van der Waals surface area contributed by atoms with Crippen molar-refractivity contribution in [2.45, 2.75) is 46.6 Å². The van der Waals surface area contributed by atoms with Crippen LogP contribution in [-0.4, -0.2) is 6.73 Å². The Balaban J connectivity index is 1.84. The van der Waals surface area contributed by atoms with Gasteiger partial charge in [0.15, 0.2) is 6.73 Å². The molecule has 0 unspecified atom stereocenters. The van der Waals surface area contributed by atoms with Crippen LogP contribution in [0.4, 0.5) is 5.69 Å². The van der Waals surface area contributed by atoms with Gasteiger partial charge in [0.25, 0.3) is 0 Å². The smallest absolute Gasteiger partial charge is 0.336 e. The van der Waals surface area contributed by atoms with Crippen LogP contribution < -0.4 is 15.3 Å². The van der Waals surface area contributed by atoms with E-state index < -0.39 is 0 Å². The molecule has 1 aromatic heterocycles. The summed E-state index contributed by atoms with van der Waals surface area (Å²) in [4.78, 5) is 14.4. The van der Waals surface area contributed by atoms with Crippen molar-refractivity contribution >= 4 is 28.3 Å². The molecule has 3 aromatic rings. The number of halogens is 1. The monoisotopic (exact) mass is 397 g/mol. The molecule has 4 rings (SSSR count). The van der Waals surface area contributed by atoms with Crippen molar-refractivity contribution in [2.75, 3.05) is 11.6 Å². The zero-order valence-electron chi connectivity index (χ0n) is 16.5. The highest BCUT2D eigenvalue weighted by Crippen LogP contribution is 2.40. The van der Waals surface area contributed by atoms with Crippen molar-refractivity contribution in [2.24, 2.45) is 0 Å². The molecule has 2 heterocycles. The molecule has 1 aliphatic rings. The molecule has 0 amide bonds. The second-order valence-electron chi connectivity index (χ2n) is 7.50. The van der Waals surface area contributed by atoms with Crippen LogP contribution in [0.5, 0.6) is 5.75 Å². The molecule has 2 aromatic carbocycles. The van der Waals surface area contributed by atoms with Gasteiger partial charge in [-0.1, -0.05) is 42.6 Å². The minimum Gasteiger partial charge on any atom is -0.471 e. The van der Waals surface area contributed by atoms with Crippen LogP contribution >= 0.6 is 11.6 Å². The molecular formula is C23H24ClNO3. The SMILES string of the molecule is CCCCc1cc(=O)oc2c3c(c(Cl)cc12)OCN(c1ccc(C)cc1C)C3. The number of anilines is 1. The van der Waals surface area contributed by atoms with Crippen LogP contribution in [0.15, 0.2) is 39.5 Å². The van der Waals surface area contributed by atoms with Gasteiger partial charge in [-0.05, 0) is 49.9 Å². The van der Waals surface area contributed by atoms with Crippen LogP contribution in [0.2, 0.25) is 5.02 Å². The number of rotatable bonds is 4. The Kier molecular flexibility index (Phi) is 5.07. The van der Waals surface area contributed by atoms with Crippen LogP contribution in [-0.2, 0) is 13.0 Å². The summed E-state index contributed by atoms with van der Waals surface area (Å²) in [7, 11) is 0. The molecule has 146 valence electrons. The summed E-state index contributed by atoms with van der Waals surface area (Å²) in [5.41, 5.74) is 5.60. The maximum atomic E-state index is 12.2. The summed E-state index contributed by atoms with van der Waals surface area (Å²) < 4.78 is 11.7. The molecule has 0 radical (unpaired) electrons. The molecule has 0 saturated heterocycles. The zero-order valence-corrected chi connectivity index (χ0v) is 17.2. The average molecular weight is 398 g/mol. The van der Waals surface area contributed by atoms with E-state index in [4.69, 9.17) is 20.8 Å². The van der Waals surface area contributed by atoms with Crippen molar-refractivity contribution in [1.29, 1.82) is 0 Å². The van der Waals surface area contributed by atoms with Crippen molar-refractivity contribution in [3.05, 3.63) is 68.0 Å². The largest absolute Gasteiger partial charge is 0.471 e. The second kappa shape index (κ2) is 7.51. The van der Waals surface area contributed by atoms with Gasteiger partial charge in [0.1, 0.15) is 11.3 Å². The third-order valence-corrected chi connectivity index (χ3v) is 5.61. The zero-order chi connectivity index (χ0) is 19.8. The molecule has 4 nitrogen and oxygen atoms in total. The lowest BCUT2D eigenvalue weighted by Crippen LogP contribution is -2.32. The highest BCUT2D eigenvalue weighted by Gasteiger charge is 2.26. The maximum absolute atomic E-state index is 12.2. The average Bonchev–Trinajstić information content (AvgIpc) is 2.67. The number of hydrogen-bond acceptors (Lipinski definition) is 4. The number of ether oxygens (including phenoxy) is 1. The molecule has 0 N–H and O–H groups in total. The Labute approximate surface area is 169 Å². The Morgan fingerprint density at radius 1 is 1.18 bits per heavy atom. The van der Waals surface area contributed by atoms with Crippen molar-refractivity contribution in [3.8, 4) is 5.75 Å². The van der Waals surface area contributed by atoms with E-state index >= 15 is 0 Å². The molecule has 0 saturated carbocycles. The van der Waals surface area contributed by atoms with Crippen molar-refractivity contribution in [1.82, 2.24) is 0 Å². The molecule has 28 heavy (non-hydrogen) atoms. The maximum Gasteiger partial charge on any atom is 0.336 e. The number of aryl methyl sites for hydroxylation is 3. The first-order valence-corrected chi connectivity index (χ1v) is 10.1. The van der Waals surface area contributed by atoms with Crippen LogP contribution in [0.3, 0.4) is 0 Å². The summed E-state index contributed by atoms with van der Waals surface area (Å²) in [5.74, 6) is 0.617. The van der Waals surface area contributed by atoms with E-state index in [1.165, 1.54) is 11.1 Å². The van der Waals surface area contributed by atoms with E-state index in [1.54, 1.807) is 6.07 Å². The Morgan fingerprint density at radius 2 is 2.00 bits per heavy atom. The van der Waals surface area contributed by atoms with E-state index in [1.807, 2.05) is 6.07 Å². The lowest BCUT2D eigenvalue weighted by Gasteiger charge is -2.32. The van der Waals surface area contributed by atoms with E-state index in [0.29, 0.717) is 29.6 Å². The second-order valence-corrected chi connectivity index (χ2v) is 7.91. The predicted octanol–water partition coefficient (Wildman–Crippen LogP) is 5.76. The number of fused-ring (bicyclic) bond motifs is 3. The highest BCUT2D eigenvalue weighted by atomic mass is 35.5. The van der Waals surface area contributed by atoms with Gasteiger partial charge in [0.05, 0.1) is 17.1 Å². The standard InChI is InChI=1S/C23H24ClNO3/c1-4-5-6-16-10-21(26)28-22-17(16)11-19(24)23-18(22)12-25(13-27-23)20-8-7-14(2)9-15(20)3/h7-11H,4-6,12-13H2,1-3H3. The van der Waals surface area contributed by atoms with Gasteiger partial charge in [-0.15, -0.1) is 0 Å². The van der Waals surface area contributed by atoms with Gasteiger partial charge >= 0.3 is 5.63 Å².